The zero-order chi connectivity index (χ0) is 18.1. The Kier molecular flexibility index (Phi) is 10.4. The topological polar surface area (TPSA) is 74.2 Å². The van der Waals surface area contributed by atoms with Crippen molar-refractivity contribution in [3.8, 4) is 0 Å². The van der Waals surface area contributed by atoms with Crippen molar-refractivity contribution in [2.75, 3.05) is 37.2 Å². The molecule has 1 aliphatic heterocycles. The lowest BCUT2D eigenvalue weighted by molar-refractivity contribution is -0.141. The van der Waals surface area contributed by atoms with Gasteiger partial charge in [0.25, 0.3) is 0 Å². The van der Waals surface area contributed by atoms with Crippen LogP contribution in [0.5, 0.6) is 0 Å². The third-order valence-electron chi connectivity index (χ3n) is 3.47. The molecule has 0 aliphatic carbocycles. The minimum Gasteiger partial charge on any atom is -0.357 e. The predicted molar refractivity (Wildman–Crippen MR) is 110 cm³/mol. The Morgan fingerprint density at radius 2 is 2.15 bits per heavy atom. The lowest BCUT2D eigenvalue weighted by Crippen LogP contribution is -2.40. The lowest BCUT2D eigenvalue weighted by Gasteiger charge is -2.13. The number of nitrogens with zero attached hydrogens (tertiary/aromatic N) is 3. The van der Waals surface area contributed by atoms with E-state index < -0.39 is 11.9 Å². The van der Waals surface area contributed by atoms with E-state index in [2.05, 4.69) is 30.9 Å². The Bertz CT molecular complexity index is 567. The van der Waals surface area contributed by atoms with Gasteiger partial charge in [-0.3, -0.25) is 4.99 Å². The molecule has 26 heavy (non-hydrogen) atoms. The minimum atomic E-state index is -4.47. The van der Waals surface area contributed by atoms with Crippen molar-refractivity contribution >= 4 is 47.6 Å². The molecule has 0 spiro atoms. The molecular weight excluding hydrogens is 480 g/mol. The highest BCUT2D eigenvalue weighted by atomic mass is 127. The van der Waals surface area contributed by atoms with E-state index in [1.165, 1.54) is 18.6 Å². The van der Waals surface area contributed by atoms with E-state index in [9.17, 15) is 13.2 Å². The summed E-state index contributed by atoms with van der Waals surface area (Å²) in [5.41, 5.74) is -0.957. The third-order valence-corrected chi connectivity index (χ3v) is 4.85. The first kappa shape index (κ1) is 23.1. The fourth-order valence-electron chi connectivity index (χ4n) is 2.28. The molecule has 1 fully saturated rings. The van der Waals surface area contributed by atoms with Crippen LogP contribution < -0.4 is 16.0 Å². The molecule has 6 nitrogen and oxygen atoms in total. The molecule has 0 saturated carbocycles. The van der Waals surface area contributed by atoms with Crippen molar-refractivity contribution < 1.29 is 13.2 Å². The molecule has 148 valence electrons. The van der Waals surface area contributed by atoms with E-state index in [-0.39, 0.29) is 29.9 Å². The van der Waals surface area contributed by atoms with Gasteiger partial charge in [-0.2, -0.15) is 24.9 Å². The first-order valence-electron chi connectivity index (χ1n) is 8.27. The Morgan fingerprint density at radius 3 is 2.81 bits per heavy atom. The first-order valence-corrected chi connectivity index (χ1v) is 9.32. The summed E-state index contributed by atoms with van der Waals surface area (Å²) in [7, 11) is 0. The van der Waals surface area contributed by atoms with Gasteiger partial charge in [0.05, 0.1) is 6.54 Å². The summed E-state index contributed by atoms with van der Waals surface area (Å²) >= 11 is 1.95. The predicted octanol–water partition coefficient (Wildman–Crippen LogP) is 2.98. The van der Waals surface area contributed by atoms with Crippen LogP contribution in [0.15, 0.2) is 17.3 Å². The number of aromatic nitrogens is 2. The molecule has 3 N–H and O–H groups in total. The van der Waals surface area contributed by atoms with Gasteiger partial charge in [0.15, 0.2) is 5.96 Å². The van der Waals surface area contributed by atoms with Crippen LogP contribution in [0.1, 0.15) is 25.5 Å². The van der Waals surface area contributed by atoms with Crippen molar-refractivity contribution in [3.63, 3.8) is 0 Å². The fraction of sp³-hybridized carbons (Fsp3) is 0.667. The standard InChI is InChI=1S/C15H23F3N6S.HI/c1-2-19-13(23-10-11-4-3-9-25-11)21-7-8-22-14-20-6-5-12(24-14)15(16,17)18;/h5-6,11H,2-4,7-10H2,1H3,(H2,19,21,23)(H,20,22,24);1H. The maximum absolute atomic E-state index is 12.6. The molecule has 11 heteroatoms. The quantitative estimate of drug-likeness (QED) is 0.230. The molecule has 1 aromatic heterocycles. The number of halogens is 4. The SMILES string of the molecule is CCNC(=NCC1CCCS1)NCCNc1nccc(C(F)(F)F)n1.I. The van der Waals surface area contributed by atoms with Crippen molar-refractivity contribution in [2.45, 2.75) is 31.2 Å². The number of alkyl halides is 3. The lowest BCUT2D eigenvalue weighted by atomic mass is 10.2. The van der Waals surface area contributed by atoms with Gasteiger partial charge < -0.3 is 16.0 Å². The Hall–Kier alpha value is -0.980. The summed E-state index contributed by atoms with van der Waals surface area (Å²) in [6.45, 7) is 4.36. The smallest absolute Gasteiger partial charge is 0.357 e. The first-order chi connectivity index (χ1) is 12.0. The number of guanidine groups is 1. The van der Waals surface area contributed by atoms with E-state index in [1.807, 2.05) is 18.7 Å². The van der Waals surface area contributed by atoms with Crippen molar-refractivity contribution in [1.29, 1.82) is 0 Å². The average Bonchev–Trinajstić information content (AvgIpc) is 3.09. The van der Waals surface area contributed by atoms with Crippen LogP contribution in [0.4, 0.5) is 19.1 Å². The summed E-state index contributed by atoms with van der Waals surface area (Å²) in [5, 5.41) is 9.66. The molecule has 1 unspecified atom stereocenters. The van der Waals surface area contributed by atoms with Gasteiger partial charge >= 0.3 is 6.18 Å². The second kappa shape index (κ2) is 11.7. The molecule has 0 amide bonds. The number of aliphatic imine (C=N–C) groups is 1. The Morgan fingerprint density at radius 1 is 1.35 bits per heavy atom. The highest BCUT2D eigenvalue weighted by Gasteiger charge is 2.32. The number of rotatable bonds is 7. The minimum absolute atomic E-state index is 0. The molecule has 0 aromatic carbocycles. The van der Waals surface area contributed by atoms with E-state index in [0.717, 1.165) is 25.4 Å². The number of anilines is 1. The number of hydrogen-bond donors (Lipinski definition) is 3. The summed E-state index contributed by atoms with van der Waals surface area (Å²) in [6, 6.07) is 0.848. The van der Waals surface area contributed by atoms with Crippen LogP contribution in [0.3, 0.4) is 0 Å². The van der Waals surface area contributed by atoms with E-state index >= 15 is 0 Å². The molecule has 1 saturated heterocycles. The van der Waals surface area contributed by atoms with Crippen molar-refractivity contribution in [1.82, 2.24) is 20.6 Å². The molecule has 2 heterocycles. The van der Waals surface area contributed by atoms with E-state index in [0.29, 0.717) is 24.3 Å². The van der Waals surface area contributed by atoms with Crippen molar-refractivity contribution in [2.24, 2.45) is 4.99 Å². The van der Waals surface area contributed by atoms with Crippen LogP contribution in [0, 0.1) is 0 Å². The van der Waals surface area contributed by atoms with Gasteiger partial charge in [-0.1, -0.05) is 0 Å². The zero-order valence-electron chi connectivity index (χ0n) is 14.5. The average molecular weight is 504 g/mol. The van der Waals surface area contributed by atoms with Crippen LogP contribution in [0.25, 0.3) is 0 Å². The number of thioether (sulfide) groups is 1. The maximum Gasteiger partial charge on any atom is 0.433 e. The summed E-state index contributed by atoms with van der Waals surface area (Å²) in [6.07, 6.45) is -0.936. The fourth-order valence-corrected chi connectivity index (χ4v) is 3.46. The molecular formula is C15H24F3IN6S. The third kappa shape index (κ3) is 8.14. The summed E-state index contributed by atoms with van der Waals surface area (Å²) in [4.78, 5) is 11.8. The highest BCUT2D eigenvalue weighted by molar-refractivity contribution is 14.0. The van der Waals surface area contributed by atoms with Crippen LogP contribution >= 0.6 is 35.7 Å². The monoisotopic (exact) mass is 504 g/mol. The van der Waals surface area contributed by atoms with Gasteiger partial charge in [-0.05, 0) is 31.6 Å². The molecule has 2 rings (SSSR count). The molecule has 1 atom stereocenters. The van der Waals surface area contributed by atoms with Gasteiger partial charge in [0.1, 0.15) is 5.69 Å². The molecule has 1 aliphatic rings. The van der Waals surface area contributed by atoms with Crippen LogP contribution in [-0.2, 0) is 6.18 Å². The Balaban J connectivity index is 0.00000338. The Labute approximate surface area is 172 Å². The van der Waals surface area contributed by atoms with Gasteiger partial charge in [-0.25, -0.2) is 9.97 Å². The zero-order valence-corrected chi connectivity index (χ0v) is 17.6. The molecule has 0 radical (unpaired) electrons. The summed E-state index contributed by atoms with van der Waals surface area (Å²) < 4.78 is 37.8. The second-order valence-electron chi connectivity index (χ2n) is 5.47. The van der Waals surface area contributed by atoms with Crippen molar-refractivity contribution in [3.05, 3.63) is 18.0 Å². The van der Waals surface area contributed by atoms with Crippen LogP contribution in [0.2, 0.25) is 0 Å². The summed E-state index contributed by atoms with van der Waals surface area (Å²) in [5.74, 6) is 1.87. The largest absolute Gasteiger partial charge is 0.433 e. The molecule has 0 bridgehead atoms. The molecule has 1 aromatic rings. The van der Waals surface area contributed by atoms with Gasteiger partial charge in [-0.15, -0.1) is 24.0 Å². The van der Waals surface area contributed by atoms with E-state index in [1.54, 1.807) is 0 Å². The van der Waals surface area contributed by atoms with Gasteiger partial charge in [0.2, 0.25) is 5.95 Å². The number of nitrogens with one attached hydrogen (secondary N) is 3. The van der Waals surface area contributed by atoms with E-state index in [4.69, 9.17) is 0 Å². The maximum atomic E-state index is 12.6. The van der Waals surface area contributed by atoms with Gasteiger partial charge in [0, 0.05) is 31.1 Å². The second-order valence-corrected chi connectivity index (χ2v) is 6.88. The normalized spacial score (nSPS) is 17.5. The number of hydrogen-bond acceptors (Lipinski definition) is 5. The van der Waals surface area contributed by atoms with Crippen LogP contribution in [-0.4, -0.2) is 53.1 Å². The highest BCUT2D eigenvalue weighted by Crippen LogP contribution is 2.27.